The molecule has 0 bridgehead atoms. The second-order valence-electron chi connectivity index (χ2n) is 6.28. The minimum Gasteiger partial charge on any atom is -0.477 e. The largest absolute Gasteiger partial charge is 0.477 e. The van der Waals surface area contributed by atoms with E-state index in [4.69, 9.17) is 0 Å². The van der Waals surface area contributed by atoms with Crippen LogP contribution in [0.3, 0.4) is 0 Å². The lowest BCUT2D eigenvalue weighted by molar-refractivity contribution is -0.161. The molecule has 1 saturated heterocycles. The summed E-state index contributed by atoms with van der Waals surface area (Å²) in [7, 11) is 3.26. The van der Waals surface area contributed by atoms with Crippen LogP contribution in [0.2, 0.25) is 0 Å². The average molecular weight is 350 g/mol. The molecule has 0 aliphatic carbocycles. The Balaban J connectivity index is 2.06. The van der Waals surface area contributed by atoms with Gasteiger partial charge in [-0.05, 0) is 24.3 Å². The highest BCUT2D eigenvalue weighted by Crippen LogP contribution is 2.47. The smallest absolute Gasteiger partial charge is 0.352 e. The molecule has 8 heteroatoms. The van der Waals surface area contributed by atoms with Crippen LogP contribution in [0, 0.1) is 5.92 Å². The van der Waals surface area contributed by atoms with Crippen LogP contribution in [0.15, 0.2) is 16.5 Å². The van der Waals surface area contributed by atoms with Crippen molar-refractivity contribution in [1.82, 2.24) is 9.80 Å². The molecule has 3 rings (SSSR count). The van der Waals surface area contributed by atoms with Gasteiger partial charge in [0, 0.05) is 25.0 Å². The standard InChI is InChI=1S/C16H18N2O5S/c1-7(19)12-11-4-8(13(16(22)23)18(11)15(12)21)9-5-24-6-10(9)14(20)17(2)3/h5-7,11-12,19H,4H2,1-3H3,(H,22,23)/t7-,11?,12?/m1/s1. The predicted octanol–water partition coefficient (Wildman–Crippen LogP) is 0.857. The van der Waals surface area contributed by atoms with Crippen LogP contribution >= 0.6 is 11.3 Å². The number of nitrogens with zero attached hydrogens (tertiary/aromatic N) is 2. The van der Waals surface area contributed by atoms with Gasteiger partial charge in [-0.15, -0.1) is 0 Å². The van der Waals surface area contributed by atoms with Gasteiger partial charge in [0.1, 0.15) is 5.70 Å². The third-order valence-corrected chi connectivity index (χ3v) is 5.30. The summed E-state index contributed by atoms with van der Waals surface area (Å²) < 4.78 is 0. The summed E-state index contributed by atoms with van der Waals surface area (Å²) in [6.45, 7) is 1.53. The van der Waals surface area contributed by atoms with E-state index in [-0.39, 0.29) is 23.6 Å². The number of β-lactam (4-membered cyclic amide) rings is 1. The molecule has 1 aromatic heterocycles. The maximum absolute atomic E-state index is 12.3. The van der Waals surface area contributed by atoms with E-state index < -0.39 is 18.0 Å². The number of carbonyl (C=O) groups is 3. The Morgan fingerprint density at radius 1 is 1.38 bits per heavy atom. The van der Waals surface area contributed by atoms with E-state index >= 15 is 0 Å². The molecule has 128 valence electrons. The van der Waals surface area contributed by atoms with Gasteiger partial charge in [-0.25, -0.2) is 4.79 Å². The molecule has 0 spiro atoms. The number of carboxylic acid groups (broad SMARTS) is 1. The van der Waals surface area contributed by atoms with Crippen LogP contribution in [0.5, 0.6) is 0 Å². The first-order valence-corrected chi connectivity index (χ1v) is 8.45. The number of carbonyl (C=O) groups excluding carboxylic acids is 2. The quantitative estimate of drug-likeness (QED) is 0.785. The zero-order chi connectivity index (χ0) is 17.8. The first-order valence-electron chi connectivity index (χ1n) is 7.51. The minimum atomic E-state index is -1.20. The molecule has 2 aliphatic heterocycles. The lowest BCUT2D eigenvalue weighted by atomic mass is 9.82. The van der Waals surface area contributed by atoms with Crippen LogP contribution in [0.4, 0.5) is 0 Å². The third-order valence-electron chi connectivity index (χ3n) is 4.55. The number of aliphatic hydroxyl groups is 1. The van der Waals surface area contributed by atoms with Gasteiger partial charge in [0.05, 0.1) is 23.6 Å². The molecule has 3 atom stereocenters. The van der Waals surface area contributed by atoms with E-state index in [1.165, 1.54) is 28.1 Å². The molecule has 3 heterocycles. The van der Waals surface area contributed by atoms with Crippen molar-refractivity contribution in [2.45, 2.75) is 25.5 Å². The Bertz CT molecular complexity index is 764. The van der Waals surface area contributed by atoms with Gasteiger partial charge in [-0.3, -0.25) is 9.59 Å². The SMILES string of the molecule is C[C@@H](O)C1C(=O)N2C(C(=O)O)=C(c3cscc3C(=O)N(C)C)CC12. The van der Waals surface area contributed by atoms with Crippen LogP contribution in [0.25, 0.3) is 5.57 Å². The Morgan fingerprint density at radius 3 is 2.58 bits per heavy atom. The van der Waals surface area contributed by atoms with Crippen molar-refractivity contribution in [3.8, 4) is 0 Å². The molecule has 2 unspecified atom stereocenters. The predicted molar refractivity (Wildman–Crippen MR) is 87.3 cm³/mol. The zero-order valence-corrected chi connectivity index (χ0v) is 14.3. The minimum absolute atomic E-state index is 0.0758. The molecule has 2 N–H and O–H groups in total. The normalized spacial score (nSPS) is 23.8. The van der Waals surface area contributed by atoms with Gasteiger partial charge in [0.25, 0.3) is 5.91 Å². The van der Waals surface area contributed by atoms with Crippen LogP contribution in [-0.2, 0) is 9.59 Å². The fraction of sp³-hybridized carbons (Fsp3) is 0.438. The van der Waals surface area contributed by atoms with Gasteiger partial charge in [0.2, 0.25) is 5.91 Å². The summed E-state index contributed by atoms with van der Waals surface area (Å²) in [4.78, 5) is 39.0. The van der Waals surface area contributed by atoms with Crippen LogP contribution in [-0.4, -0.2) is 64.0 Å². The Kier molecular flexibility index (Phi) is 3.97. The van der Waals surface area contributed by atoms with Crippen LogP contribution < -0.4 is 0 Å². The number of fused-ring (bicyclic) bond motifs is 1. The van der Waals surface area contributed by atoms with Crippen molar-refractivity contribution < 1.29 is 24.6 Å². The lowest BCUT2D eigenvalue weighted by Gasteiger charge is -2.44. The molecule has 0 radical (unpaired) electrons. The van der Waals surface area contributed by atoms with E-state index in [0.29, 0.717) is 23.1 Å². The molecule has 1 aromatic rings. The van der Waals surface area contributed by atoms with Crippen LogP contribution in [0.1, 0.15) is 29.3 Å². The van der Waals surface area contributed by atoms with Gasteiger partial charge >= 0.3 is 5.97 Å². The Hall–Kier alpha value is -2.19. The Morgan fingerprint density at radius 2 is 2.04 bits per heavy atom. The number of aliphatic carboxylic acids is 1. The maximum atomic E-state index is 12.3. The molecule has 24 heavy (non-hydrogen) atoms. The topological polar surface area (TPSA) is 98.1 Å². The first-order chi connectivity index (χ1) is 11.3. The van der Waals surface area contributed by atoms with E-state index in [9.17, 15) is 24.6 Å². The average Bonchev–Trinajstić information content (AvgIpc) is 3.07. The van der Waals surface area contributed by atoms with Gasteiger partial charge in [-0.1, -0.05) is 0 Å². The van der Waals surface area contributed by atoms with E-state index in [2.05, 4.69) is 0 Å². The highest BCUT2D eigenvalue weighted by Gasteiger charge is 2.57. The molecule has 1 fully saturated rings. The Labute approximate surface area is 142 Å². The highest BCUT2D eigenvalue weighted by atomic mass is 32.1. The first kappa shape index (κ1) is 16.7. The summed E-state index contributed by atoms with van der Waals surface area (Å²) in [5, 5.41) is 22.8. The fourth-order valence-corrected chi connectivity index (χ4v) is 4.28. The maximum Gasteiger partial charge on any atom is 0.352 e. The van der Waals surface area contributed by atoms with Crippen molar-refractivity contribution in [1.29, 1.82) is 0 Å². The summed E-state index contributed by atoms with van der Waals surface area (Å²) in [5.41, 5.74) is 1.40. The van der Waals surface area contributed by atoms with E-state index in [1.807, 2.05) is 0 Å². The zero-order valence-electron chi connectivity index (χ0n) is 13.5. The number of aliphatic hydroxyl groups excluding tert-OH is 1. The summed E-state index contributed by atoms with van der Waals surface area (Å²) in [6, 6.07) is -0.360. The van der Waals surface area contributed by atoms with E-state index in [1.54, 1.807) is 24.9 Å². The highest BCUT2D eigenvalue weighted by molar-refractivity contribution is 7.08. The number of carboxylic acids is 1. The number of hydrogen-bond acceptors (Lipinski definition) is 5. The van der Waals surface area contributed by atoms with Gasteiger partial charge < -0.3 is 20.0 Å². The van der Waals surface area contributed by atoms with Crippen molar-refractivity contribution >= 4 is 34.7 Å². The number of thiophene rings is 1. The van der Waals surface area contributed by atoms with Crippen molar-refractivity contribution in [2.75, 3.05) is 14.1 Å². The van der Waals surface area contributed by atoms with E-state index in [0.717, 1.165) is 0 Å². The summed E-state index contributed by atoms with van der Waals surface area (Å²) in [6.07, 6.45) is -0.508. The van der Waals surface area contributed by atoms with Crippen molar-refractivity contribution in [3.63, 3.8) is 0 Å². The fourth-order valence-electron chi connectivity index (χ4n) is 3.45. The van der Waals surface area contributed by atoms with Gasteiger partial charge in [0.15, 0.2) is 0 Å². The summed E-state index contributed by atoms with van der Waals surface area (Å²) >= 11 is 1.32. The molecular weight excluding hydrogens is 332 g/mol. The van der Waals surface area contributed by atoms with Crippen molar-refractivity contribution in [3.05, 3.63) is 27.6 Å². The second-order valence-corrected chi connectivity index (χ2v) is 7.02. The molecule has 0 aromatic carbocycles. The number of amides is 2. The molecule has 7 nitrogen and oxygen atoms in total. The second kappa shape index (κ2) is 5.71. The van der Waals surface area contributed by atoms with Crippen molar-refractivity contribution in [2.24, 2.45) is 5.92 Å². The third kappa shape index (κ3) is 2.25. The monoisotopic (exact) mass is 350 g/mol. The molecule has 2 amide bonds. The van der Waals surface area contributed by atoms with Gasteiger partial charge in [-0.2, -0.15) is 11.3 Å². The molecular formula is C16H18N2O5S. The number of rotatable bonds is 4. The molecule has 0 saturated carbocycles. The summed E-state index contributed by atoms with van der Waals surface area (Å²) in [5.74, 6) is -2.38. The lowest BCUT2D eigenvalue weighted by Crippen LogP contribution is -2.61. The number of hydrogen-bond donors (Lipinski definition) is 2. The molecule has 2 aliphatic rings.